The van der Waals surface area contributed by atoms with Crippen LogP contribution in [0.1, 0.15) is 19.4 Å². The van der Waals surface area contributed by atoms with Crippen molar-refractivity contribution in [2.24, 2.45) is 0 Å². The lowest BCUT2D eigenvalue weighted by atomic mass is 10.1. The van der Waals surface area contributed by atoms with Crippen LogP contribution in [0.25, 0.3) is 5.57 Å². The second-order valence-corrected chi connectivity index (χ2v) is 4.67. The lowest BCUT2D eigenvalue weighted by Gasteiger charge is -2.11. The fourth-order valence-electron chi connectivity index (χ4n) is 1.87. The molecule has 0 fully saturated rings. The number of amides is 2. The van der Waals surface area contributed by atoms with Gasteiger partial charge in [-0.1, -0.05) is 0 Å². The predicted octanol–water partition coefficient (Wildman–Crippen LogP) is 1.36. The van der Waals surface area contributed by atoms with Crippen LogP contribution in [-0.4, -0.2) is 39.1 Å². The van der Waals surface area contributed by atoms with E-state index in [-0.39, 0.29) is 11.8 Å². The molecule has 0 heterocycles. The lowest BCUT2D eigenvalue weighted by Crippen LogP contribution is -2.32. The highest BCUT2D eigenvalue weighted by atomic mass is 16.5. The minimum atomic E-state index is -0.222. The maximum absolute atomic E-state index is 11.8. The van der Waals surface area contributed by atoms with Gasteiger partial charge in [0.1, 0.15) is 11.5 Å². The van der Waals surface area contributed by atoms with Gasteiger partial charge < -0.3 is 20.1 Å². The second-order valence-electron chi connectivity index (χ2n) is 4.67. The van der Waals surface area contributed by atoms with E-state index in [4.69, 9.17) is 9.47 Å². The zero-order valence-electron chi connectivity index (χ0n) is 13.4. The first-order valence-electron chi connectivity index (χ1n) is 6.91. The minimum absolute atomic E-state index is 0.121. The van der Waals surface area contributed by atoms with Gasteiger partial charge in [0.15, 0.2) is 0 Å². The number of carbonyl (C=O) groups excluding carboxylic acids is 2. The van der Waals surface area contributed by atoms with Crippen molar-refractivity contribution in [1.82, 2.24) is 10.6 Å². The van der Waals surface area contributed by atoms with E-state index < -0.39 is 0 Å². The average Bonchev–Trinajstić information content (AvgIpc) is 2.50. The summed E-state index contributed by atoms with van der Waals surface area (Å²) in [6, 6.07) is 5.42. The van der Waals surface area contributed by atoms with E-state index in [9.17, 15) is 9.59 Å². The smallest absolute Gasteiger partial charge is 0.244 e. The fraction of sp³-hybridized carbons (Fsp3) is 0.375. The normalized spacial score (nSPS) is 10.8. The molecule has 0 aliphatic rings. The van der Waals surface area contributed by atoms with Crippen LogP contribution in [0, 0.1) is 0 Å². The molecule has 2 N–H and O–H groups in total. The lowest BCUT2D eigenvalue weighted by molar-refractivity contribution is -0.119. The molecular formula is C16H22N2O4. The van der Waals surface area contributed by atoms with Crippen LogP contribution in [0.15, 0.2) is 24.3 Å². The second kappa shape index (κ2) is 8.71. The molecule has 0 saturated carbocycles. The topological polar surface area (TPSA) is 76.7 Å². The molecule has 0 radical (unpaired) electrons. The average molecular weight is 306 g/mol. The maximum atomic E-state index is 11.8. The molecule has 0 spiro atoms. The van der Waals surface area contributed by atoms with E-state index in [0.29, 0.717) is 24.6 Å². The highest BCUT2D eigenvalue weighted by Gasteiger charge is 2.08. The van der Waals surface area contributed by atoms with E-state index in [2.05, 4.69) is 10.6 Å². The zero-order chi connectivity index (χ0) is 16.5. The van der Waals surface area contributed by atoms with E-state index in [0.717, 1.165) is 11.1 Å². The third kappa shape index (κ3) is 5.47. The summed E-state index contributed by atoms with van der Waals surface area (Å²) < 4.78 is 10.5. The van der Waals surface area contributed by atoms with Gasteiger partial charge in [-0.15, -0.1) is 0 Å². The van der Waals surface area contributed by atoms with Crippen LogP contribution in [-0.2, 0) is 9.59 Å². The van der Waals surface area contributed by atoms with Gasteiger partial charge in [-0.3, -0.25) is 9.59 Å². The first-order valence-corrected chi connectivity index (χ1v) is 6.91. The van der Waals surface area contributed by atoms with Gasteiger partial charge in [-0.2, -0.15) is 0 Å². The van der Waals surface area contributed by atoms with Crippen molar-refractivity contribution in [1.29, 1.82) is 0 Å². The number of carbonyl (C=O) groups is 2. The standard InChI is InChI=1S/C16H22N2O4/c1-11(9-16(20)18-8-7-17-12(2)19)14-6-5-13(21-3)10-15(14)22-4/h5-6,9-10H,7-8H2,1-4H3,(H,17,19)(H,18,20)/b11-9+. The Hall–Kier alpha value is -2.50. The van der Waals surface area contributed by atoms with Crippen molar-refractivity contribution in [2.45, 2.75) is 13.8 Å². The van der Waals surface area contributed by atoms with E-state index in [1.165, 1.54) is 13.0 Å². The Kier molecular flexibility index (Phi) is 6.95. The third-order valence-corrected chi connectivity index (χ3v) is 2.98. The molecule has 0 bridgehead atoms. The Morgan fingerprint density at radius 3 is 2.36 bits per heavy atom. The van der Waals surface area contributed by atoms with E-state index in [1.807, 2.05) is 19.1 Å². The number of allylic oxidation sites excluding steroid dienone is 1. The first-order chi connectivity index (χ1) is 10.5. The van der Waals surface area contributed by atoms with E-state index in [1.54, 1.807) is 20.3 Å². The van der Waals surface area contributed by atoms with Crippen LogP contribution < -0.4 is 20.1 Å². The minimum Gasteiger partial charge on any atom is -0.497 e. The number of methoxy groups -OCH3 is 2. The largest absolute Gasteiger partial charge is 0.497 e. The summed E-state index contributed by atoms with van der Waals surface area (Å²) in [5, 5.41) is 5.31. The summed E-state index contributed by atoms with van der Waals surface area (Å²) in [5.74, 6) is 0.983. The first kappa shape index (κ1) is 17.6. The summed E-state index contributed by atoms with van der Waals surface area (Å²) in [7, 11) is 3.15. The number of rotatable bonds is 7. The molecular weight excluding hydrogens is 284 g/mol. The molecule has 1 aromatic carbocycles. The molecule has 0 saturated heterocycles. The summed E-state index contributed by atoms with van der Waals surface area (Å²) in [6.07, 6.45) is 1.50. The number of hydrogen-bond acceptors (Lipinski definition) is 4. The molecule has 6 nitrogen and oxygen atoms in total. The number of nitrogens with one attached hydrogen (secondary N) is 2. The van der Waals surface area contributed by atoms with Gasteiger partial charge in [0, 0.05) is 37.7 Å². The van der Waals surface area contributed by atoms with Crippen molar-refractivity contribution < 1.29 is 19.1 Å². The Balaban J connectivity index is 2.71. The van der Waals surface area contributed by atoms with Gasteiger partial charge in [-0.05, 0) is 24.6 Å². The number of hydrogen-bond donors (Lipinski definition) is 2. The molecule has 0 unspecified atom stereocenters. The van der Waals surface area contributed by atoms with Gasteiger partial charge >= 0.3 is 0 Å². The zero-order valence-corrected chi connectivity index (χ0v) is 13.4. The van der Waals surface area contributed by atoms with Crippen molar-refractivity contribution in [3.05, 3.63) is 29.8 Å². The van der Waals surface area contributed by atoms with Crippen molar-refractivity contribution in [2.75, 3.05) is 27.3 Å². The van der Waals surface area contributed by atoms with Crippen LogP contribution in [0.4, 0.5) is 0 Å². The number of benzene rings is 1. The molecule has 6 heteroatoms. The summed E-state index contributed by atoms with van der Waals surface area (Å²) in [5.41, 5.74) is 1.59. The Labute approximate surface area is 130 Å². The van der Waals surface area contributed by atoms with Crippen molar-refractivity contribution in [3.63, 3.8) is 0 Å². The molecule has 2 amide bonds. The van der Waals surface area contributed by atoms with Crippen molar-refractivity contribution >= 4 is 17.4 Å². The van der Waals surface area contributed by atoms with Crippen LogP contribution in [0.5, 0.6) is 11.5 Å². The van der Waals surface area contributed by atoms with Crippen LogP contribution in [0.3, 0.4) is 0 Å². The van der Waals surface area contributed by atoms with Crippen LogP contribution in [0.2, 0.25) is 0 Å². The summed E-state index contributed by atoms with van der Waals surface area (Å²) >= 11 is 0. The SMILES string of the molecule is COc1ccc(/C(C)=C/C(=O)NCCNC(C)=O)c(OC)c1. The van der Waals surface area contributed by atoms with Gasteiger partial charge in [0.2, 0.25) is 11.8 Å². The Morgan fingerprint density at radius 1 is 1.09 bits per heavy atom. The Morgan fingerprint density at radius 2 is 1.77 bits per heavy atom. The fourth-order valence-corrected chi connectivity index (χ4v) is 1.87. The summed E-state index contributed by atoms with van der Waals surface area (Å²) in [6.45, 7) is 4.04. The van der Waals surface area contributed by atoms with Gasteiger partial charge in [-0.25, -0.2) is 0 Å². The molecule has 120 valence electrons. The third-order valence-electron chi connectivity index (χ3n) is 2.98. The predicted molar refractivity (Wildman–Crippen MR) is 84.9 cm³/mol. The molecule has 1 rings (SSSR count). The maximum Gasteiger partial charge on any atom is 0.244 e. The molecule has 1 aromatic rings. The monoisotopic (exact) mass is 306 g/mol. The van der Waals surface area contributed by atoms with Gasteiger partial charge in [0.25, 0.3) is 0 Å². The molecule has 22 heavy (non-hydrogen) atoms. The molecule has 0 aliphatic carbocycles. The summed E-state index contributed by atoms with van der Waals surface area (Å²) in [4.78, 5) is 22.5. The molecule has 0 aromatic heterocycles. The molecule has 0 atom stereocenters. The van der Waals surface area contributed by atoms with E-state index >= 15 is 0 Å². The quantitative estimate of drug-likeness (QED) is 0.589. The highest BCUT2D eigenvalue weighted by molar-refractivity contribution is 5.95. The number of ether oxygens (including phenoxy) is 2. The Bertz CT molecular complexity index is 567. The van der Waals surface area contributed by atoms with Crippen molar-refractivity contribution in [3.8, 4) is 11.5 Å². The molecule has 0 aliphatic heterocycles. The van der Waals surface area contributed by atoms with Gasteiger partial charge in [0.05, 0.1) is 14.2 Å². The highest BCUT2D eigenvalue weighted by Crippen LogP contribution is 2.29. The van der Waals surface area contributed by atoms with Crippen LogP contribution >= 0.6 is 0 Å².